The van der Waals surface area contributed by atoms with Gasteiger partial charge in [0.05, 0.1) is 5.52 Å². The number of ether oxygens (including phenoxy) is 2. The number of aromatic nitrogens is 2. The van der Waals surface area contributed by atoms with Gasteiger partial charge >= 0.3 is 6.36 Å². The highest BCUT2D eigenvalue weighted by Crippen LogP contribution is 2.27. The molecule has 2 heterocycles. The monoisotopic (exact) mass is 531 g/mol. The van der Waals surface area contributed by atoms with Crippen molar-refractivity contribution in [3.63, 3.8) is 0 Å². The number of hydrogen-bond acceptors (Lipinski definition) is 5. The highest BCUT2D eigenvalue weighted by Gasteiger charge is 2.31. The van der Waals surface area contributed by atoms with Gasteiger partial charge in [0, 0.05) is 62.5 Å². The molecule has 0 aliphatic carbocycles. The molecule has 7 nitrogen and oxygen atoms in total. The van der Waals surface area contributed by atoms with Crippen LogP contribution in [0.1, 0.15) is 58.9 Å². The lowest BCUT2D eigenvalue weighted by atomic mass is 9.95. The molecule has 0 bridgehead atoms. The normalized spacial score (nSPS) is 14.7. The zero-order chi connectivity index (χ0) is 27.3. The summed E-state index contributed by atoms with van der Waals surface area (Å²) in [5.74, 6) is -0.112. The standard InChI is InChI=1S/C28H32F3N3O4/c1-3-22-23(26(35)5-4-16-37-2)10-11-25-24(22)18-34(32-25)17-19-12-14-33(15-13-19)27(36)20-6-8-21(9-7-20)38-28(29,30)31/h6-11,18-19H,3-5,12-17H2,1-2H3. The Kier molecular flexibility index (Phi) is 8.71. The van der Waals surface area contributed by atoms with Gasteiger partial charge in [0.1, 0.15) is 5.75 Å². The molecule has 4 rings (SSSR count). The van der Waals surface area contributed by atoms with E-state index in [1.165, 1.54) is 12.1 Å². The molecule has 204 valence electrons. The van der Waals surface area contributed by atoms with Gasteiger partial charge in [-0.05, 0) is 73.6 Å². The Morgan fingerprint density at radius 2 is 1.79 bits per heavy atom. The topological polar surface area (TPSA) is 73.7 Å². The maximum Gasteiger partial charge on any atom is 0.573 e. The molecule has 1 amide bonds. The van der Waals surface area contributed by atoms with Gasteiger partial charge in [-0.25, -0.2) is 0 Å². The first-order valence-electron chi connectivity index (χ1n) is 12.8. The first-order chi connectivity index (χ1) is 18.2. The van der Waals surface area contributed by atoms with Crippen LogP contribution in [-0.4, -0.2) is 59.5 Å². The number of methoxy groups -OCH3 is 1. The van der Waals surface area contributed by atoms with Crippen LogP contribution in [0.15, 0.2) is 42.6 Å². The number of nitrogens with zero attached hydrogens (tertiary/aromatic N) is 3. The summed E-state index contributed by atoms with van der Waals surface area (Å²) in [7, 11) is 1.63. The molecule has 0 radical (unpaired) electrons. The summed E-state index contributed by atoms with van der Waals surface area (Å²) in [5.41, 5.74) is 2.96. The Bertz CT molecular complexity index is 1260. The molecule has 1 fully saturated rings. The summed E-state index contributed by atoms with van der Waals surface area (Å²) in [4.78, 5) is 27.3. The number of hydrogen-bond donors (Lipinski definition) is 0. The Hall–Kier alpha value is -3.40. The minimum Gasteiger partial charge on any atom is -0.406 e. The van der Waals surface area contributed by atoms with Crippen LogP contribution >= 0.6 is 0 Å². The molecule has 0 N–H and O–H groups in total. The SMILES string of the molecule is CCc1c(C(=O)CCCOC)ccc2nn(CC3CCN(C(=O)c4ccc(OC(F)(F)F)cc4)CC3)cc12. The third-order valence-electron chi connectivity index (χ3n) is 6.94. The number of aryl methyl sites for hydroxylation is 1. The summed E-state index contributed by atoms with van der Waals surface area (Å²) in [6.07, 6.45) is 0.705. The molecule has 1 aliphatic rings. The minimum absolute atomic E-state index is 0.119. The number of piperidine rings is 1. The number of halogens is 3. The molecular weight excluding hydrogens is 499 g/mol. The number of Topliss-reactive ketones (excluding diaryl/α,β-unsaturated/α-hetero) is 1. The molecule has 1 aromatic heterocycles. The van der Waals surface area contributed by atoms with Gasteiger partial charge < -0.3 is 14.4 Å². The van der Waals surface area contributed by atoms with Crippen LogP contribution in [-0.2, 0) is 17.7 Å². The maximum atomic E-state index is 12.8. The van der Waals surface area contributed by atoms with Crippen LogP contribution in [0.2, 0.25) is 0 Å². The van der Waals surface area contributed by atoms with E-state index >= 15 is 0 Å². The molecular formula is C28H32F3N3O4. The molecule has 38 heavy (non-hydrogen) atoms. The van der Waals surface area contributed by atoms with Crippen molar-refractivity contribution in [1.29, 1.82) is 0 Å². The smallest absolute Gasteiger partial charge is 0.406 e. The molecule has 2 aromatic carbocycles. The molecule has 10 heteroatoms. The highest BCUT2D eigenvalue weighted by atomic mass is 19.4. The zero-order valence-corrected chi connectivity index (χ0v) is 21.6. The van der Waals surface area contributed by atoms with Crippen LogP contribution in [0.25, 0.3) is 10.9 Å². The second-order valence-electron chi connectivity index (χ2n) is 9.56. The average molecular weight is 532 g/mol. The second kappa shape index (κ2) is 12.0. The summed E-state index contributed by atoms with van der Waals surface area (Å²) in [5, 5.41) is 5.74. The van der Waals surface area contributed by atoms with E-state index in [-0.39, 0.29) is 17.4 Å². The largest absolute Gasteiger partial charge is 0.573 e. The molecule has 0 saturated carbocycles. The number of rotatable bonds is 10. The van der Waals surface area contributed by atoms with E-state index in [1.54, 1.807) is 12.0 Å². The molecule has 0 unspecified atom stereocenters. The van der Waals surface area contributed by atoms with Gasteiger partial charge in [-0.3, -0.25) is 14.3 Å². The van der Waals surface area contributed by atoms with Crippen molar-refractivity contribution in [2.75, 3.05) is 26.8 Å². The summed E-state index contributed by atoms with van der Waals surface area (Å²) < 4.78 is 48.0. The Morgan fingerprint density at radius 3 is 2.42 bits per heavy atom. The van der Waals surface area contributed by atoms with Gasteiger partial charge in [0.15, 0.2) is 5.78 Å². The van der Waals surface area contributed by atoms with Gasteiger partial charge in [-0.1, -0.05) is 6.92 Å². The van der Waals surface area contributed by atoms with Crippen molar-refractivity contribution < 1.29 is 32.2 Å². The van der Waals surface area contributed by atoms with Crippen LogP contribution in [0.4, 0.5) is 13.2 Å². The van der Waals surface area contributed by atoms with Crippen LogP contribution < -0.4 is 4.74 Å². The molecule has 0 spiro atoms. The number of carbonyl (C=O) groups is 2. The average Bonchev–Trinajstić information content (AvgIpc) is 3.30. The third-order valence-corrected chi connectivity index (χ3v) is 6.94. The van der Waals surface area contributed by atoms with Crippen molar-refractivity contribution in [1.82, 2.24) is 14.7 Å². The summed E-state index contributed by atoms with van der Waals surface area (Å²) in [6, 6.07) is 8.79. The van der Waals surface area contributed by atoms with Crippen LogP contribution in [0, 0.1) is 5.92 Å². The second-order valence-corrected chi connectivity index (χ2v) is 9.56. The lowest BCUT2D eigenvalue weighted by molar-refractivity contribution is -0.274. The maximum absolute atomic E-state index is 12.8. The van der Waals surface area contributed by atoms with Crippen molar-refractivity contribution in [3.05, 3.63) is 59.3 Å². The number of likely N-dealkylation sites (tertiary alicyclic amines) is 1. The first-order valence-corrected chi connectivity index (χ1v) is 12.8. The van der Waals surface area contributed by atoms with Crippen LogP contribution in [0.3, 0.4) is 0 Å². The number of benzene rings is 2. The van der Waals surface area contributed by atoms with Gasteiger partial charge in [-0.15, -0.1) is 13.2 Å². The van der Waals surface area contributed by atoms with E-state index in [4.69, 9.17) is 9.84 Å². The van der Waals surface area contributed by atoms with Crippen molar-refractivity contribution in [3.8, 4) is 5.75 Å². The highest BCUT2D eigenvalue weighted by molar-refractivity contribution is 6.02. The predicted molar refractivity (Wildman–Crippen MR) is 136 cm³/mol. The lowest BCUT2D eigenvalue weighted by Crippen LogP contribution is -2.39. The van der Waals surface area contributed by atoms with E-state index in [1.807, 2.05) is 29.9 Å². The van der Waals surface area contributed by atoms with Gasteiger partial charge in [-0.2, -0.15) is 5.10 Å². The number of amides is 1. The Balaban J connectivity index is 1.36. The molecule has 1 aliphatic heterocycles. The summed E-state index contributed by atoms with van der Waals surface area (Å²) in [6.45, 7) is 4.43. The Morgan fingerprint density at radius 1 is 1.08 bits per heavy atom. The van der Waals surface area contributed by atoms with E-state index in [9.17, 15) is 22.8 Å². The van der Waals surface area contributed by atoms with Gasteiger partial charge in [0.2, 0.25) is 0 Å². The Labute approximate surface area is 219 Å². The predicted octanol–water partition coefficient (Wildman–Crippen LogP) is 5.66. The number of fused-ring (bicyclic) bond motifs is 1. The molecule has 0 atom stereocenters. The number of carbonyl (C=O) groups excluding carboxylic acids is 2. The van der Waals surface area contributed by atoms with Crippen molar-refractivity contribution >= 4 is 22.6 Å². The fraction of sp³-hybridized carbons (Fsp3) is 0.464. The van der Waals surface area contributed by atoms with E-state index in [2.05, 4.69) is 4.74 Å². The number of alkyl halides is 3. The minimum atomic E-state index is -4.77. The molecule has 3 aromatic rings. The lowest BCUT2D eigenvalue weighted by Gasteiger charge is -2.32. The fourth-order valence-electron chi connectivity index (χ4n) is 5.01. The number of ketones is 1. The van der Waals surface area contributed by atoms with E-state index in [0.717, 1.165) is 53.4 Å². The van der Waals surface area contributed by atoms with Crippen molar-refractivity contribution in [2.45, 2.75) is 51.9 Å². The van der Waals surface area contributed by atoms with E-state index < -0.39 is 6.36 Å². The third kappa shape index (κ3) is 6.72. The van der Waals surface area contributed by atoms with Crippen LogP contribution in [0.5, 0.6) is 5.75 Å². The van der Waals surface area contributed by atoms with Crippen molar-refractivity contribution in [2.24, 2.45) is 5.92 Å². The summed E-state index contributed by atoms with van der Waals surface area (Å²) >= 11 is 0. The first kappa shape index (κ1) is 27.6. The van der Waals surface area contributed by atoms with Gasteiger partial charge in [0.25, 0.3) is 5.91 Å². The quantitative estimate of drug-likeness (QED) is 0.249. The molecule has 1 saturated heterocycles. The zero-order valence-electron chi connectivity index (χ0n) is 21.6. The van der Waals surface area contributed by atoms with E-state index in [0.29, 0.717) is 50.6 Å². The fourth-order valence-corrected chi connectivity index (χ4v) is 5.01.